The predicted octanol–water partition coefficient (Wildman–Crippen LogP) is 0.379. The number of aliphatic carboxylic acids is 1. The number of aromatic nitrogens is 4. The molecule has 0 fully saturated rings. The summed E-state index contributed by atoms with van der Waals surface area (Å²) in [4.78, 5) is 18.0. The van der Waals surface area contributed by atoms with Crippen molar-refractivity contribution in [1.29, 1.82) is 0 Å². The van der Waals surface area contributed by atoms with Gasteiger partial charge in [0.05, 0.1) is 0 Å². The number of halogens is 1. The summed E-state index contributed by atoms with van der Waals surface area (Å²) in [5.41, 5.74) is 0.275. The van der Waals surface area contributed by atoms with Gasteiger partial charge in [-0.3, -0.25) is 4.79 Å². The first kappa shape index (κ1) is 9.84. The Morgan fingerprint density at radius 3 is 2.93 bits per heavy atom. The lowest BCUT2D eigenvalue weighted by Gasteiger charge is -1.97. The summed E-state index contributed by atoms with van der Waals surface area (Å²) in [6.45, 7) is -0.321. The quantitative estimate of drug-likeness (QED) is 0.820. The molecule has 2 N–H and O–H groups in total. The molecule has 2 rings (SSSR count). The molecule has 0 saturated heterocycles. The smallest absolute Gasteiger partial charge is 0.325 e. The van der Waals surface area contributed by atoms with Gasteiger partial charge in [-0.1, -0.05) is 0 Å². The molecule has 0 radical (unpaired) electrons. The van der Waals surface area contributed by atoms with E-state index < -0.39 is 5.97 Å². The van der Waals surface area contributed by atoms with Crippen molar-refractivity contribution in [2.24, 2.45) is 0 Å². The fourth-order valence-electron chi connectivity index (χ4n) is 1.19. The van der Waals surface area contributed by atoms with Crippen LogP contribution in [0.15, 0.2) is 10.9 Å². The molecule has 15 heavy (non-hydrogen) atoms. The van der Waals surface area contributed by atoms with Crippen LogP contribution in [0.3, 0.4) is 0 Å². The number of carbonyl (C=O) groups is 1. The third-order valence-corrected chi connectivity index (χ3v) is 2.31. The average molecular weight is 273 g/mol. The van der Waals surface area contributed by atoms with Crippen LogP contribution in [0.4, 0.5) is 0 Å². The second-order valence-electron chi connectivity index (χ2n) is 2.74. The van der Waals surface area contributed by atoms with Gasteiger partial charge in [0.25, 0.3) is 0 Å². The van der Waals surface area contributed by atoms with E-state index in [0.717, 1.165) is 6.33 Å². The molecule has 7 nitrogen and oxygen atoms in total. The Morgan fingerprint density at radius 1 is 1.53 bits per heavy atom. The van der Waals surface area contributed by atoms with E-state index in [1.807, 2.05) is 0 Å². The highest BCUT2D eigenvalue weighted by Gasteiger charge is 2.15. The summed E-state index contributed by atoms with van der Waals surface area (Å²) in [5.74, 6) is -1.27. The van der Waals surface area contributed by atoms with Gasteiger partial charge < -0.3 is 10.2 Å². The maximum atomic E-state index is 10.5. The summed E-state index contributed by atoms with van der Waals surface area (Å²) >= 11 is 3.09. The number of rotatable bonds is 2. The minimum atomic E-state index is -1.04. The second kappa shape index (κ2) is 3.46. The first-order valence-corrected chi connectivity index (χ1v) is 4.66. The Hall–Kier alpha value is -1.70. The van der Waals surface area contributed by atoms with Crippen LogP contribution in [0.1, 0.15) is 0 Å². The van der Waals surface area contributed by atoms with E-state index >= 15 is 0 Å². The van der Waals surface area contributed by atoms with Crippen LogP contribution in [0, 0.1) is 0 Å². The lowest BCUT2D eigenvalue weighted by molar-refractivity contribution is -0.137. The summed E-state index contributed by atoms with van der Waals surface area (Å²) in [7, 11) is 0. The van der Waals surface area contributed by atoms with E-state index in [9.17, 15) is 9.90 Å². The average Bonchev–Trinajstić information content (AvgIpc) is 2.44. The first-order valence-electron chi connectivity index (χ1n) is 3.87. The molecule has 0 bridgehead atoms. The molecule has 0 aliphatic heterocycles. The maximum Gasteiger partial charge on any atom is 0.325 e. The zero-order chi connectivity index (χ0) is 11.0. The van der Waals surface area contributed by atoms with E-state index in [0.29, 0.717) is 9.99 Å². The Balaban J connectivity index is 2.68. The highest BCUT2D eigenvalue weighted by Crippen LogP contribution is 2.27. The minimum absolute atomic E-state index is 0.233. The van der Waals surface area contributed by atoms with E-state index in [2.05, 4.69) is 31.0 Å². The van der Waals surface area contributed by atoms with Crippen molar-refractivity contribution in [2.75, 3.05) is 0 Å². The molecule has 0 aliphatic carbocycles. The molecule has 0 saturated carbocycles. The van der Waals surface area contributed by atoms with Crippen molar-refractivity contribution in [1.82, 2.24) is 19.7 Å². The first-order chi connectivity index (χ1) is 7.09. The van der Waals surface area contributed by atoms with Crippen molar-refractivity contribution in [3.05, 3.63) is 10.9 Å². The molecule has 0 spiro atoms. The molecule has 0 aliphatic rings. The molecule has 2 aromatic heterocycles. The van der Waals surface area contributed by atoms with Gasteiger partial charge in [0, 0.05) is 0 Å². The second-order valence-corrected chi connectivity index (χ2v) is 3.49. The summed E-state index contributed by atoms with van der Waals surface area (Å²) in [6, 6.07) is 0. The highest BCUT2D eigenvalue weighted by atomic mass is 79.9. The lowest BCUT2D eigenvalue weighted by Crippen LogP contribution is -2.10. The van der Waals surface area contributed by atoms with E-state index in [4.69, 9.17) is 5.11 Å². The zero-order valence-electron chi connectivity index (χ0n) is 7.25. The van der Waals surface area contributed by atoms with E-state index in [1.54, 1.807) is 0 Å². The molecule has 2 aromatic rings. The number of carboxylic acid groups (broad SMARTS) is 1. The Kier molecular flexibility index (Phi) is 2.27. The number of hydrogen-bond acceptors (Lipinski definition) is 5. The van der Waals surface area contributed by atoms with Crippen LogP contribution < -0.4 is 0 Å². The summed E-state index contributed by atoms with van der Waals surface area (Å²) in [6.07, 6.45) is 1.14. The number of nitrogens with zero attached hydrogens (tertiary/aromatic N) is 4. The SMILES string of the molecule is O=C(O)Cn1nc(Br)c2c(O)ncnc21. The predicted molar refractivity (Wildman–Crippen MR) is 52.3 cm³/mol. The molecule has 78 valence electrons. The number of fused-ring (bicyclic) bond motifs is 1. The molecule has 0 unspecified atom stereocenters. The van der Waals surface area contributed by atoms with Crippen molar-refractivity contribution >= 4 is 32.9 Å². The number of hydrogen-bond donors (Lipinski definition) is 2. The molecular weight excluding hydrogens is 268 g/mol. The van der Waals surface area contributed by atoms with Gasteiger partial charge in [0.15, 0.2) is 5.65 Å². The Labute approximate surface area is 91.5 Å². The van der Waals surface area contributed by atoms with Crippen LogP contribution in [0.5, 0.6) is 5.88 Å². The fraction of sp³-hybridized carbons (Fsp3) is 0.143. The number of aromatic hydroxyl groups is 1. The third kappa shape index (κ3) is 1.63. The van der Waals surface area contributed by atoms with Crippen LogP contribution in [-0.2, 0) is 11.3 Å². The summed E-state index contributed by atoms with van der Waals surface area (Å²) < 4.78 is 1.49. The number of carboxylic acids is 1. The van der Waals surface area contributed by atoms with Crippen molar-refractivity contribution in [3.63, 3.8) is 0 Å². The van der Waals surface area contributed by atoms with Gasteiger partial charge in [0.2, 0.25) is 5.88 Å². The van der Waals surface area contributed by atoms with Gasteiger partial charge in [0.1, 0.15) is 22.9 Å². The van der Waals surface area contributed by atoms with E-state index in [1.165, 1.54) is 4.68 Å². The Bertz CT molecular complexity index is 538. The zero-order valence-corrected chi connectivity index (χ0v) is 8.84. The molecular formula is C7H5BrN4O3. The normalized spacial score (nSPS) is 10.7. The lowest BCUT2D eigenvalue weighted by atomic mass is 10.4. The highest BCUT2D eigenvalue weighted by molar-refractivity contribution is 9.10. The van der Waals surface area contributed by atoms with Gasteiger partial charge >= 0.3 is 5.97 Å². The molecule has 0 aromatic carbocycles. The third-order valence-electron chi connectivity index (χ3n) is 1.75. The standard InChI is InChI=1S/C7H5BrN4O3/c8-5-4-6(9-2-10-7(4)15)12(11-5)1-3(13)14/h2H,1H2,(H,13,14)(H,9,10,15). The minimum Gasteiger partial charge on any atom is -0.493 e. The monoisotopic (exact) mass is 272 g/mol. The molecule has 8 heteroatoms. The fourth-order valence-corrected chi connectivity index (χ4v) is 1.74. The molecule has 0 atom stereocenters. The van der Waals surface area contributed by atoms with Crippen molar-refractivity contribution in [2.45, 2.75) is 6.54 Å². The van der Waals surface area contributed by atoms with Crippen LogP contribution in [0.2, 0.25) is 0 Å². The van der Waals surface area contributed by atoms with Gasteiger partial charge in [-0.15, -0.1) is 0 Å². The molecule has 2 heterocycles. The maximum absolute atomic E-state index is 10.5. The van der Waals surface area contributed by atoms with Gasteiger partial charge in [-0.2, -0.15) is 5.10 Å². The molecule has 0 amide bonds. The topological polar surface area (TPSA) is 101 Å². The van der Waals surface area contributed by atoms with Crippen molar-refractivity contribution in [3.8, 4) is 5.88 Å². The van der Waals surface area contributed by atoms with Gasteiger partial charge in [-0.05, 0) is 15.9 Å². The summed E-state index contributed by atoms with van der Waals surface area (Å²) in [5, 5.41) is 22.2. The van der Waals surface area contributed by atoms with Gasteiger partial charge in [-0.25, -0.2) is 14.6 Å². The van der Waals surface area contributed by atoms with Crippen LogP contribution >= 0.6 is 15.9 Å². The largest absolute Gasteiger partial charge is 0.493 e. The van der Waals surface area contributed by atoms with Crippen molar-refractivity contribution < 1.29 is 15.0 Å². The van der Waals surface area contributed by atoms with E-state index in [-0.39, 0.29) is 18.1 Å². The van der Waals surface area contributed by atoms with Crippen LogP contribution in [0.25, 0.3) is 11.0 Å². The Morgan fingerprint density at radius 2 is 2.27 bits per heavy atom. The van der Waals surface area contributed by atoms with Crippen LogP contribution in [-0.4, -0.2) is 35.9 Å².